The molecule has 1 heterocycles. The van der Waals surface area contributed by atoms with Crippen molar-refractivity contribution >= 4 is 28.9 Å². The molecule has 3 rings (SSSR count). The fourth-order valence-corrected chi connectivity index (χ4v) is 2.92. The summed E-state index contributed by atoms with van der Waals surface area (Å²) in [4.78, 5) is 28.7. The lowest BCUT2D eigenvalue weighted by Crippen LogP contribution is -2.13. The van der Waals surface area contributed by atoms with Crippen LogP contribution in [0, 0.1) is 13.8 Å². The molecule has 1 aromatic heterocycles. The van der Waals surface area contributed by atoms with Crippen LogP contribution in [0.15, 0.2) is 60.9 Å². The first-order valence-electron chi connectivity index (χ1n) is 8.75. The van der Waals surface area contributed by atoms with Crippen LogP contribution in [0.1, 0.15) is 31.8 Å². The van der Waals surface area contributed by atoms with Gasteiger partial charge < -0.3 is 15.4 Å². The Morgan fingerprint density at radius 1 is 0.929 bits per heavy atom. The molecule has 0 aliphatic heterocycles. The second kappa shape index (κ2) is 8.35. The standard InChI is InChI=1S/C22H21N3O3/c1-14-8-15(2)10-17(9-14)25-21(26)16-11-18(13-23-12-16)24-20-7-5-4-6-19(20)22(27)28-3/h4-13,24H,1-3H3,(H,25,26). The zero-order valence-corrected chi connectivity index (χ0v) is 15.9. The minimum absolute atomic E-state index is 0.262. The summed E-state index contributed by atoms with van der Waals surface area (Å²) in [6, 6.07) is 14.5. The number of amides is 1. The topological polar surface area (TPSA) is 80.3 Å². The van der Waals surface area contributed by atoms with Crippen molar-refractivity contribution in [2.45, 2.75) is 13.8 Å². The van der Waals surface area contributed by atoms with Crippen LogP contribution < -0.4 is 10.6 Å². The van der Waals surface area contributed by atoms with Gasteiger partial charge in [-0.3, -0.25) is 9.78 Å². The maximum absolute atomic E-state index is 12.6. The number of esters is 1. The fourth-order valence-electron chi connectivity index (χ4n) is 2.92. The van der Waals surface area contributed by atoms with Crippen molar-refractivity contribution in [1.29, 1.82) is 0 Å². The van der Waals surface area contributed by atoms with Crippen molar-refractivity contribution < 1.29 is 14.3 Å². The van der Waals surface area contributed by atoms with Crippen molar-refractivity contribution in [1.82, 2.24) is 4.98 Å². The fraction of sp³-hybridized carbons (Fsp3) is 0.136. The van der Waals surface area contributed by atoms with E-state index in [4.69, 9.17) is 4.74 Å². The Hall–Kier alpha value is -3.67. The largest absolute Gasteiger partial charge is 0.465 e. The third-order valence-corrected chi connectivity index (χ3v) is 4.09. The molecule has 0 radical (unpaired) electrons. The SMILES string of the molecule is COC(=O)c1ccccc1Nc1cncc(C(=O)Nc2cc(C)cc(C)c2)c1. The molecule has 2 N–H and O–H groups in total. The summed E-state index contributed by atoms with van der Waals surface area (Å²) in [5, 5.41) is 6.01. The van der Waals surface area contributed by atoms with Crippen LogP contribution in [0.4, 0.5) is 17.1 Å². The van der Waals surface area contributed by atoms with E-state index in [0.29, 0.717) is 22.5 Å². The predicted molar refractivity (Wildman–Crippen MR) is 109 cm³/mol. The number of nitrogens with one attached hydrogen (secondary N) is 2. The molecule has 0 atom stereocenters. The van der Waals surface area contributed by atoms with Gasteiger partial charge in [0.25, 0.3) is 5.91 Å². The number of rotatable bonds is 5. The minimum Gasteiger partial charge on any atom is -0.465 e. The van der Waals surface area contributed by atoms with Crippen LogP contribution >= 0.6 is 0 Å². The summed E-state index contributed by atoms with van der Waals surface area (Å²) in [7, 11) is 1.33. The highest BCUT2D eigenvalue weighted by atomic mass is 16.5. The van der Waals surface area contributed by atoms with Gasteiger partial charge in [-0.05, 0) is 55.3 Å². The maximum atomic E-state index is 12.6. The van der Waals surface area contributed by atoms with E-state index in [-0.39, 0.29) is 5.91 Å². The maximum Gasteiger partial charge on any atom is 0.339 e. The van der Waals surface area contributed by atoms with E-state index in [1.807, 2.05) is 32.0 Å². The van der Waals surface area contributed by atoms with Gasteiger partial charge in [0, 0.05) is 11.9 Å². The molecule has 142 valence electrons. The number of carbonyl (C=O) groups excluding carboxylic acids is 2. The van der Waals surface area contributed by atoms with Crippen LogP contribution in [-0.2, 0) is 4.74 Å². The number of benzene rings is 2. The number of hydrogen-bond acceptors (Lipinski definition) is 5. The number of ether oxygens (including phenoxy) is 1. The number of carbonyl (C=O) groups is 2. The molecule has 0 bridgehead atoms. The molecule has 0 spiro atoms. The summed E-state index contributed by atoms with van der Waals surface area (Å²) in [6.45, 7) is 3.96. The van der Waals surface area contributed by atoms with Crippen LogP contribution in [0.5, 0.6) is 0 Å². The number of aryl methyl sites for hydroxylation is 2. The van der Waals surface area contributed by atoms with E-state index in [1.165, 1.54) is 13.3 Å². The molecule has 3 aromatic rings. The Morgan fingerprint density at radius 2 is 1.64 bits per heavy atom. The van der Waals surface area contributed by atoms with Gasteiger partial charge in [-0.1, -0.05) is 18.2 Å². The van der Waals surface area contributed by atoms with Crippen molar-refractivity contribution in [2.75, 3.05) is 17.7 Å². The molecule has 0 unspecified atom stereocenters. The first-order chi connectivity index (χ1) is 13.5. The lowest BCUT2D eigenvalue weighted by atomic mass is 10.1. The third kappa shape index (κ3) is 4.54. The van der Waals surface area contributed by atoms with E-state index >= 15 is 0 Å². The smallest absolute Gasteiger partial charge is 0.339 e. The van der Waals surface area contributed by atoms with Gasteiger partial charge in [-0.25, -0.2) is 4.79 Å². The van der Waals surface area contributed by atoms with Gasteiger partial charge in [0.1, 0.15) is 0 Å². The Balaban J connectivity index is 1.81. The Bertz CT molecular complexity index is 1010. The van der Waals surface area contributed by atoms with E-state index in [2.05, 4.69) is 15.6 Å². The highest BCUT2D eigenvalue weighted by Gasteiger charge is 2.13. The zero-order valence-electron chi connectivity index (χ0n) is 15.9. The average molecular weight is 375 g/mol. The van der Waals surface area contributed by atoms with Crippen LogP contribution in [-0.4, -0.2) is 24.0 Å². The molecule has 0 saturated heterocycles. The second-order valence-corrected chi connectivity index (χ2v) is 6.45. The number of para-hydroxylation sites is 1. The van der Waals surface area contributed by atoms with Gasteiger partial charge >= 0.3 is 5.97 Å². The molecule has 6 nitrogen and oxygen atoms in total. The van der Waals surface area contributed by atoms with E-state index in [1.54, 1.807) is 36.5 Å². The summed E-state index contributed by atoms with van der Waals surface area (Å²) in [5.74, 6) is -0.706. The number of nitrogens with zero attached hydrogens (tertiary/aromatic N) is 1. The Morgan fingerprint density at radius 3 is 2.36 bits per heavy atom. The second-order valence-electron chi connectivity index (χ2n) is 6.45. The van der Waals surface area contributed by atoms with Crippen molar-refractivity contribution in [3.63, 3.8) is 0 Å². The van der Waals surface area contributed by atoms with Crippen LogP contribution in [0.2, 0.25) is 0 Å². The number of pyridine rings is 1. The van der Waals surface area contributed by atoms with Gasteiger partial charge in [0.05, 0.1) is 35.8 Å². The summed E-state index contributed by atoms with van der Waals surface area (Å²) in [5.41, 5.74) is 4.84. The summed E-state index contributed by atoms with van der Waals surface area (Å²) in [6.07, 6.45) is 3.08. The van der Waals surface area contributed by atoms with Crippen LogP contribution in [0.3, 0.4) is 0 Å². The van der Waals surface area contributed by atoms with Crippen molar-refractivity contribution in [3.8, 4) is 0 Å². The number of hydrogen-bond donors (Lipinski definition) is 2. The quantitative estimate of drug-likeness (QED) is 0.643. The molecular weight excluding hydrogens is 354 g/mol. The molecule has 0 fully saturated rings. The normalized spacial score (nSPS) is 10.2. The molecule has 0 aliphatic carbocycles. The monoisotopic (exact) mass is 375 g/mol. The number of aromatic nitrogens is 1. The van der Waals surface area contributed by atoms with E-state index in [0.717, 1.165) is 16.8 Å². The molecule has 2 aromatic carbocycles. The Labute approximate surface area is 163 Å². The summed E-state index contributed by atoms with van der Waals surface area (Å²) >= 11 is 0. The molecule has 28 heavy (non-hydrogen) atoms. The van der Waals surface area contributed by atoms with Gasteiger partial charge in [0.15, 0.2) is 0 Å². The molecular formula is C22H21N3O3. The molecule has 1 amide bonds. The first-order valence-corrected chi connectivity index (χ1v) is 8.75. The predicted octanol–water partition coefficient (Wildman–Crippen LogP) is 4.48. The highest BCUT2D eigenvalue weighted by Crippen LogP contribution is 2.22. The van der Waals surface area contributed by atoms with E-state index < -0.39 is 5.97 Å². The van der Waals surface area contributed by atoms with Crippen molar-refractivity contribution in [2.24, 2.45) is 0 Å². The Kier molecular flexibility index (Phi) is 5.69. The summed E-state index contributed by atoms with van der Waals surface area (Å²) < 4.78 is 4.80. The molecule has 0 saturated carbocycles. The van der Waals surface area contributed by atoms with Gasteiger partial charge in [-0.2, -0.15) is 0 Å². The first kappa shape index (κ1) is 19.1. The minimum atomic E-state index is -0.445. The van der Waals surface area contributed by atoms with Crippen molar-refractivity contribution in [3.05, 3.63) is 83.2 Å². The van der Waals surface area contributed by atoms with Crippen LogP contribution in [0.25, 0.3) is 0 Å². The number of anilines is 3. The molecule has 6 heteroatoms. The molecule has 0 aliphatic rings. The highest BCUT2D eigenvalue weighted by molar-refractivity contribution is 6.05. The lowest BCUT2D eigenvalue weighted by Gasteiger charge is -2.12. The van der Waals surface area contributed by atoms with Gasteiger partial charge in [0.2, 0.25) is 0 Å². The zero-order chi connectivity index (χ0) is 20.1. The third-order valence-electron chi connectivity index (χ3n) is 4.09. The van der Waals surface area contributed by atoms with E-state index in [9.17, 15) is 9.59 Å². The number of methoxy groups -OCH3 is 1. The van der Waals surface area contributed by atoms with Gasteiger partial charge in [-0.15, -0.1) is 0 Å². The lowest BCUT2D eigenvalue weighted by molar-refractivity contribution is 0.0601. The average Bonchev–Trinajstić information content (AvgIpc) is 2.67.